The first-order valence-electron chi connectivity index (χ1n) is 11.5. The molecule has 0 radical (unpaired) electrons. The van der Waals surface area contributed by atoms with Gasteiger partial charge in [-0.3, -0.25) is 19.0 Å². The van der Waals surface area contributed by atoms with Gasteiger partial charge in [-0.1, -0.05) is 13.8 Å². The zero-order valence-electron chi connectivity index (χ0n) is 19.0. The molecule has 1 unspecified atom stereocenters. The molecule has 3 heterocycles. The summed E-state index contributed by atoms with van der Waals surface area (Å²) in [5.41, 5.74) is -0.102. The van der Waals surface area contributed by atoms with Crippen LogP contribution in [0.15, 0.2) is 17.1 Å². The van der Waals surface area contributed by atoms with Gasteiger partial charge in [0.15, 0.2) is 5.56 Å². The molecular weight excluding hydrogens is 426 g/mol. The topological polar surface area (TPSA) is 129 Å². The smallest absolute Gasteiger partial charge is 0.270 e. The van der Waals surface area contributed by atoms with Crippen LogP contribution in [0.5, 0.6) is 5.88 Å². The summed E-state index contributed by atoms with van der Waals surface area (Å²) >= 11 is 0. The third-order valence-electron chi connectivity index (χ3n) is 6.09. The Kier molecular flexibility index (Phi) is 6.55. The van der Waals surface area contributed by atoms with Gasteiger partial charge in [-0.15, -0.1) is 0 Å². The zero-order chi connectivity index (χ0) is 23.7. The van der Waals surface area contributed by atoms with E-state index in [1.807, 2.05) is 13.8 Å². The van der Waals surface area contributed by atoms with Crippen molar-refractivity contribution >= 4 is 23.5 Å². The number of carbonyl (C=O) groups is 2. The van der Waals surface area contributed by atoms with Crippen LogP contribution in [-0.4, -0.2) is 66.8 Å². The Hall–Kier alpha value is -3.14. The quantitative estimate of drug-likeness (QED) is 0.532. The minimum absolute atomic E-state index is 0.0351. The summed E-state index contributed by atoms with van der Waals surface area (Å²) in [6, 6.07) is 0.0351. The maximum absolute atomic E-state index is 13.3. The Bertz CT molecular complexity index is 1140. The molecule has 2 aromatic rings. The summed E-state index contributed by atoms with van der Waals surface area (Å²) in [4.78, 5) is 40.3. The summed E-state index contributed by atoms with van der Waals surface area (Å²) < 4.78 is 2.62. The molecule has 178 valence electrons. The van der Waals surface area contributed by atoms with Crippen LogP contribution in [0.4, 0.5) is 0 Å². The predicted molar refractivity (Wildman–Crippen MR) is 122 cm³/mol. The average Bonchev–Trinajstić information content (AvgIpc) is 3.50. The molecule has 1 saturated heterocycles. The average molecular weight is 458 g/mol. The number of nitrogens with one attached hydrogen (secondary N) is 1. The Morgan fingerprint density at radius 2 is 2.06 bits per heavy atom. The summed E-state index contributed by atoms with van der Waals surface area (Å²) in [6.07, 6.45) is 7.92. The van der Waals surface area contributed by atoms with Gasteiger partial charge in [-0.05, 0) is 43.6 Å². The number of carbonyl (C=O) groups excluding carboxylic acids is 2. The second kappa shape index (κ2) is 9.38. The fraction of sp³-hybridized carbons (Fsp3) is 0.565. The SMILES string of the molecule is CC(C)Cn1c(=O)c(C(=O)NC2CC2)c(O)n2ncc(C=CC(=O)N3CCCC(CO)C3)c12. The molecule has 1 saturated carbocycles. The lowest BCUT2D eigenvalue weighted by atomic mass is 9.99. The Morgan fingerprint density at radius 3 is 2.73 bits per heavy atom. The number of aliphatic hydroxyl groups is 1. The van der Waals surface area contributed by atoms with E-state index in [1.54, 1.807) is 11.0 Å². The van der Waals surface area contributed by atoms with Crippen LogP contribution in [0.2, 0.25) is 0 Å². The van der Waals surface area contributed by atoms with Gasteiger partial charge in [0.1, 0.15) is 5.65 Å². The molecular formula is C23H31N5O5. The molecule has 2 amide bonds. The first-order chi connectivity index (χ1) is 15.8. The van der Waals surface area contributed by atoms with Crippen molar-refractivity contribution in [1.82, 2.24) is 24.4 Å². The van der Waals surface area contributed by atoms with E-state index in [0.29, 0.717) is 30.8 Å². The number of aromatic nitrogens is 3. The van der Waals surface area contributed by atoms with Crippen molar-refractivity contribution in [3.8, 4) is 5.88 Å². The van der Waals surface area contributed by atoms with Gasteiger partial charge in [-0.2, -0.15) is 9.61 Å². The van der Waals surface area contributed by atoms with Crippen LogP contribution in [0, 0.1) is 11.8 Å². The number of piperidine rings is 1. The van der Waals surface area contributed by atoms with Gasteiger partial charge >= 0.3 is 0 Å². The van der Waals surface area contributed by atoms with E-state index < -0.39 is 17.3 Å². The van der Waals surface area contributed by atoms with E-state index in [9.17, 15) is 24.6 Å². The predicted octanol–water partition coefficient (Wildman–Crippen LogP) is 0.994. The third-order valence-corrected chi connectivity index (χ3v) is 6.09. The molecule has 0 bridgehead atoms. The molecule has 2 aromatic heterocycles. The molecule has 1 aliphatic carbocycles. The van der Waals surface area contributed by atoms with Crippen molar-refractivity contribution in [2.75, 3.05) is 19.7 Å². The van der Waals surface area contributed by atoms with Gasteiger partial charge in [0.05, 0.1) is 6.20 Å². The lowest BCUT2D eigenvalue weighted by Crippen LogP contribution is -2.40. The number of aromatic hydroxyl groups is 1. The fourth-order valence-corrected chi connectivity index (χ4v) is 4.23. The molecule has 1 aliphatic heterocycles. The number of nitrogens with zero attached hydrogens (tertiary/aromatic N) is 4. The highest BCUT2D eigenvalue weighted by Crippen LogP contribution is 2.24. The zero-order valence-corrected chi connectivity index (χ0v) is 19.0. The summed E-state index contributed by atoms with van der Waals surface area (Å²) in [5.74, 6) is -1.13. The molecule has 10 heteroatoms. The number of aliphatic hydroxyl groups excluding tert-OH is 1. The first-order valence-corrected chi connectivity index (χ1v) is 11.5. The number of likely N-dealkylation sites (tertiary alicyclic amines) is 1. The molecule has 3 N–H and O–H groups in total. The Balaban J connectivity index is 1.71. The number of hydrogen-bond donors (Lipinski definition) is 3. The van der Waals surface area contributed by atoms with E-state index >= 15 is 0 Å². The number of hydrogen-bond acceptors (Lipinski definition) is 6. The maximum atomic E-state index is 13.3. The lowest BCUT2D eigenvalue weighted by Gasteiger charge is -2.31. The van der Waals surface area contributed by atoms with E-state index in [4.69, 9.17) is 0 Å². The lowest BCUT2D eigenvalue weighted by molar-refractivity contribution is -0.127. The maximum Gasteiger partial charge on any atom is 0.270 e. The van der Waals surface area contributed by atoms with E-state index in [2.05, 4.69) is 10.4 Å². The molecule has 10 nitrogen and oxygen atoms in total. The van der Waals surface area contributed by atoms with Gasteiger partial charge in [-0.25, -0.2) is 0 Å². The fourth-order valence-electron chi connectivity index (χ4n) is 4.23. The highest BCUT2D eigenvalue weighted by atomic mass is 16.3. The molecule has 2 aliphatic rings. The minimum atomic E-state index is -0.606. The van der Waals surface area contributed by atoms with Crippen LogP contribution in [0.1, 0.15) is 55.5 Å². The number of fused-ring (bicyclic) bond motifs is 1. The van der Waals surface area contributed by atoms with Gasteiger partial charge in [0, 0.05) is 43.9 Å². The molecule has 0 spiro atoms. The van der Waals surface area contributed by atoms with E-state index in [1.165, 1.54) is 21.4 Å². The van der Waals surface area contributed by atoms with Crippen molar-refractivity contribution in [2.45, 2.75) is 52.1 Å². The van der Waals surface area contributed by atoms with Crippen molar-refractivity contribution < 1.29 is 19.8 Å². The van der Waals surface area contributed by atoms with Crippen molar-refractivity contribution in [2.24, 2.45) is 11.8 Å². The molecule has 0 aromatic carbocycles. The third kappa shape index (κ3) is 4.80. The molecule has 1 atom stereocenters. The van der Waals surface area contributed by atoms with Crippen LogP contribution in [0.25, 0.3) is 11.7 Å². The van der Waals surface area contributed by atoms with Gasteiger partial charge in [0.25, 0.3) is 11.5 Å². The van der Waals surface area contributed by atoms with Crippen LogP contribution in [0.3, 0.4) is 0 Å². The highest BCUT2D eigenvalue weighted by Gasteiger charge is 2.30. The van der Waals surface area contributed by atoms with Crippen molar-refractivity contribution in [3.63, 3.8) is 0 Å². The standard InChI is InChI=1S/C23H31N5O5/c1-14(2)11-27-21-16(5-8-18(30)26-9-3-4-15(12-26)13-29)10-24-28(21)23(33)19(22(27)32)20(31)25-17-6-7-17/h5,8,10,14-15,17,29,33H,3-4,6-7,9,11-13H2,1-2H3,(H,25,31). The summed E-state index contributed by atoms with van der Waals surface area (Å²) in [6.45, 7) is 5.40. The number of amides is 2. The van der Waals surface area contributed by atoms with Crippen LogP contribution in [-0.2, 0) is 11.3 Å². The van der Waals surface area contributed by atoms with Gasteiger partial charge < -0.3 is 20.4 Å². The minimum Gasteiger partial charge on any atom is -0.492 e. The van der Waals surface area contributed by atoms with Crippen LogP contribution < -0.4 is 10.9 Å². The van der Waals surface area contributed by atoms with Crippen molar-refractivity contribution in [3.05, 3.63) is 33.8 Å². The largest absolute Gasteiger partial charge is 0.492 e. The molecule has 33 heavy (non-hydrogen) atoms. The monoisotopic (exact) mass is 457 g/mol. The van der Waals surface area contributed by atoms with Gasteiger partial charge in [0.2, 0.25) is 11.8 Å². The Morgan fingerprint density at radius 1 is 1.30 bits per heavy atom. The van der Waals surface area contributed by atoms with Crippen molar-refractivity contribution in [1.29, 1.82) is 0 Å². The Labute approximate surface area is 191 Å². The highest BCUT2D eigenvalue weighted by molar-refractivity contribution is 5.97. The second-order valence-corrected chi connectivity index (χ2v) is 9.40. The molecule has 4 rings (SSSR count). The summed E-state index contributed by atoms with van der Waals surface area (Å²) in [7, 11) is 0. The van der Waals surface area contributed by atoms with E-state index in [-0.39, 0.29) is 36.0 Å². The molecule has 2 fully saturated rings. The van der Waals surface area contributed by atoms with E-state index in [0.717, 1.165) is 25.7 Å². The van der Waals surface area contributed by atoms with Crippen LogP contribution >= 0.6 is 0 Å². The second-order valence-electron chi connectivity index (χ2n) is 9.40. The normalized spacial score (nSPS) is 19.0. The number of rotatable bonds is 7. The summed E-state index contributed by atoms with van der Waals surface area (Å²) in [5, 5.41) is 27.1. The first kappa shape index (κ1) is 23.0.